The number of fused-ring (bicyclic) bond motifs is 1. The molecule has 142 valence electrons. The molecule has 2 atom stereocenters. The van der Waals surface area contributed by atoms with E-state index in [1.807, 2.05) is 28.4 Å². The Morgan fingerprint density at radius 2 is 1.92 bits per heavy atom. The number of imide groups is 1. The van der Waals surface area contributed by atoms with Crippen LogP contribution in [0, 0.1) is 5.92 Å². The Labute approximate surface area is 149 Å². The minimum absolute atomic E-state index is 0.00910. The summed E-state index contributed by atoms with van der Waals surface area (Å²) >= 11 is 0. The number of nitrogens with zero attached hydrogens (tertiary/aromatic N) is 1. The molecule has 0 radical (unpaired) electrons. The zero-order valence-electron chi connectivity index (χ0n) is 14.3. The van der Waals surface area contributed by atoms with Crippen LogP contribution in [0.25, 0.3) is 0 Å². The number of carbonyl (C=O) groups excluding carboxylic acids is 2. The fraction of sp³-hybridized carbons (Fsp3) is 0.556. The van der Waals surface area contributed by atoms with E-state index < -0.39 is 24.7 Å². The molecule has 26 heavy (non-hydrogen) atoms. The summed E-state index contributed by atoms with van der Waals surface area (Å²) in [6.45, 7) is -0.719. The highest BCUT2D eigenvalue weighted by atomic mass is 19.4. The predicted molar refractivity (Wildman–Crippen MR) is 89.2 cm³/mol. The Bertz CT molecular complexity index is 665. The topological polar surface area (TPSA) is 61.4 Å². The van der Waals surface area contributed by atoms with E-state index in [2.05, 4.69) is 12.1 Å². The number of likely N-dealkylation sites (tertiary alicyclic amines) is 1. The average Bonchev–Trinajstić information content (AvgIpc) is 2.58. The van der Waals surface area contributed by atoms with E-state index in [0.717, 1.165) is 31.4 Å². The predicted octanol–water partition coefficient (Wildman–Crippen LogP) is 2.78. The number of hydrogen-bond donors (Lipinski definition) is 2. The third-order valence-electron chi connectivity index (χ3n) is 5.35. The molecule has 1 aliphatic carbocycles. The van der Waals surface area contributed by atoms with Gasteiger partial charge >= 0.3 is 12.2 Å². The second kappa shape index (κ2) is 7.26. The van der Waals surface area contributed by atoms with Crippen molar-refractivity contribution < 1.29 is 22.8 Å². The highest BCUT2D eigenvalue weighted by molar-refractivity contribution is 5.95. The van der Waals surface area contributed by atoms with E-state index in [1.165, 1.54) is 6.42 Å². The molecule has 1 aliphatic heterocycles. The van der Waals surface area contributed by atoms with Crippen molar-refractivity contribution in [2.75, 3.05) is 19.6 Å². The van der Waals surface area contributed by atoms with Gasteiger partial charge in [-0.2, -0.15) is 13.2 Å². The summed E-state index contributed by atoms with van der Waals surface area (Å²) in [7, 11) is 0. The lowest BCUT2D eigenvalue weighted by Gasteiger charge is -2.61. The van der Waals surface area contributed by atoms with Gasteiger partial charge in [-0.3, -0.25) is 15.0 Å². The third-order valence-corrected chi connectivity index (χ3v) is 5.35. The lowest BCUT2D eigenvalue weighted by molar-refractivity contribution is -0.141. The summed E-state index contributed by atoms with van der Waals surface area (Å²) in [6, 6.07) is 8.87. The highest BCUT2D eigenvalue weighted by Gasteiger charge is 2.55. The number of carbonyl (C=O) groups is 2. The molecule has 1 aromatic rings. The number of urea groups is 1. The molecule has 1 saturated carbocycles. The molecule has 8 heteroatoms. The van der Waals surface area contributed by atoms with Crippen molar-refractivity contribution in [3.05, 3.63) is 35.9 Å². The molecule has 1 heterocycles. The van der Waals surface area contributed by atoms with Gasteiger partial charge < -0.3 is 5.32 Å². The van der Waals surface area contributed by atoms with Crippen molar-refractivity contribution in [1.29, 1.82) is 0 Å². The van der Waals surface area contributed by atoms with Gasteiger partial charge in [-0.1, -0.05) is 43.2 Å². The Balaban J connectivity index is 1.62. The standard InChI is InChI=1S/C18H22F3N3O2/c19-18(20,21)12-22-16(26)23-15(25)11-24-10-14-8-4-5-9-17(14,24)13-6-2-1-3-7-13/h1-3,6-7,14H,4-5,8-12H2,(H2,22,23,25,26). The molecule has 3 amide bonds. The maximum absolute atomic E-state index is 12.1. The van der Waals surface area contributed by atoms with Crippen molar-refractivity contribution in [3.63, 3.8) is 0 Å². The second-order valence-corrected chi connectivity index (χ2v) is 6.96. The van der Waals surface area contributed by atoms with Gasteiger partial charge in [-0.15, -0.1) is 0 Å². The van der Waals surface area contributed by atoms with E-state index in [9.17, 15) is 22.8 Å². The summed E-state index contributed by atoms with van der Waals surface area (Å²) in [4.78, 5) is 25.6. The number of amides is 3. The van der Waals surface area contributed by atoms with Crippen molar-refractivity contribution in [1.82, 2.24) is 15.5 Å². The number of hydrogen-bond acceptors (Lipinski definition) is 3. The van der Waals surface area contributed by atoms with Gasteiger partial charge in [0.25, 0.3) is 0 Å². The molecule has 2 fully saturated rings. The first-order valence-electron chi connectivity index (χ1n) is 8.76. The minimum Gasteiger partial charge on any atom is -0.329 e. The zero-order valence-corrected chi connectivity index (χ0v) is 14.3. The molecule has 2 unspecified atom stereocenters. The van der Waals surface area contributed by atoms with E-state index in [4.69, 9.17) is 0 Å². The largest absolute Gasteiger partial charge is 0.405 e. The number of alkyl halides is 3. The number of halogens is 3. The van der Waals surface area contributed by atoms with Crippen LogP contribution in [0.3, 0.4) is 0 Å². The average molecular weight is 369 g/mol. The van der Waals surface area contributed by atoms with Crippen LogP contribution in [0.1, 0.15) is 31.2 Å². The van der Waals surface area contributed by atoms with Crippen LogP contribution in [0.4, 0.5) is 18.0 Å². The van der Waals surface area contributed by atoms with Crippen LogP contribution < -0.4 is 10.6 Å². The molecule has 1 saturated heterocycles. The quantitative estimate of drug-likeness (QED) is 0.858. The van der Waals surface area contributed by atoms with Crippen LogP contribution in [0.5, 0.6) is 0 Å². The molecule has 1 aromatic carbocycles. The number of benzene rings is 1. The van der Waals surface area contributed by atoms with Crippen molar-refractivity contribution in [2.24, 2.45) is 5.92 Å². The number of rotatable bonds is 4. The van der Waals surface area contributed by atoms with Crippen molar-refractivity contribution >= 4 is 11.9 Å². The SMILES string of the molecule is O=C(CN1CC2CCCCC21c1ccccc1)NC(=O)NCC(F)(F)F. The van der Waals surface area contributed by atoms with Crippen LogP contribution >= 0.6 is 0 Å². The van der Waals surface area contributed by atoms with Gasteiger partial charge in [0.1, 0.15) is 6.54 Å². The molecule has 2 aliphatic rings. The minimum atomic E-state index is -4.51. The number of nitrogens with one attached hydrogen (secondary N) is 2. The zero-order chi connectivity index (χ0) is 18.8. The summed E-state index contributed by atoms with van der Waals surface area (Å²) in [6.07, 6.45) is -0.242. The molecule has 2 N–H and O–H groups in total. The maximum Gasteiger partial charge on any atom is 0.405 e. The van der Waals surface area contributed by atoms with E-state index in [1.54, 1.807) is 5.32 Å². The molecule has 0 aromatic heterocycles. The first-order valence-corrected chi connectivity index (χ1v) is 8.76. The molecular weight excluding hydrogens is 347 g/mol. The monoisotopic (exact) mass is 369 g/mol. The van der Waals surface area contributed by atoms with Crippen LogP contribution in [0.15, 0.2) is 30.3 Å². The van der Waals surface area contributed by atoms with Crippen LogP contribution in [0.2, 0.25) is 0 Å². The fourth-order valence-electron chi connectivity index (χ4n) is 4.26. The van der Waals surface area contributed by atoms with Gasteiger partial charge in [0.05, 0.1) is 12.1 Å². The van der Waals surface area contributed by atoms with Gasteiger partial charge in [-0.25, -0.2) is 4.79 Å². The van der Waals surface area contributed by atoms with E-state index in [-0.39, 0.29) is 12.1 Å². The third kappa shape index (κ3) is 3.85. The first-order chi connectivity index (χ1) is 12.3. The summed E-state index contributed by atoms with van der Waals surface area (Å²) < 4.78 is 36.3. The molecular formula is C18H22F3N3O2. The highest BCUT2D eigenvalue weighted by Crippen LogP contribution is 2.53. The summed E-state index contributed by atoms with van der Waals surface area (Å²) in [5.41, 5.74) is 0.949. The lowest BCUT2D eigenvalue weighted by Crippen LogP contribution is -2.67. The van der Waals surface area contributed by atoms with Crippen LogP contribution in [-0.2, 0) is 10.3 Å². The summed E-state index contributed by atoms with van der Waals surface area (Å²) in [5.74, 6) is -0.130. The van der Waals surface area contributed by atoms with Crippen molar-refractivity contribution in [3.8, 4) is 0 Å². The van der Waals surface area contributed by atoms with Gasteiger partial charge in [0, 0.05) is 6.54 Å². The van der Waals surface area contributed by atoms with Gasteiger partial charge in [0.15, 0.2) is 0 Å². The molecule has 0 spiro atoms. The normalized spacial score (nSPS) is 25.7. The van der Waals surface area contributed by atoms with Crippen molar-refractivity contribution in [2.45, 2.75) is 37.4 Å². The smallest absolute Gasteiger partial charge is 0.329 e. The molecule has 5 nitrogen and oxygen atoms in total. The maximum atomic E-state index is 12.1. The molecule has 3 rings (SSSR count). The van der Waals surface area contributed by atoms with E-state index in [0.29, 0.717) is 5.92 Å². The second-order valence-electron chi connectivity index (χ2n) is 6.96. The van der Waals surface area contributed by atoms with Crippen LogP contribution in [-0.4, -0.2) is 42.6 Å². The van der Waals surface area contributed by atoms with E-state index >= 15 is 0 Å². The van der Waals surface area contributed by atoms with Gasteiger partial charge in [0.2, 0.25) is 5.91 Å². The Hall–Kier alpha value is -2.09. The lowest BCUT2D eigenvalue weighted by atomic mass is 9.62. The first kappa shape index (κ1) is 18.7. The Morgan fingerprint density at radius 1 is 1.19 bits per heavy atom. The summed E-state index contributed by atoms with van der Waals surface area (Å²) in [5, 5.41) is 3.63. The molecule has 0 bridgehead atoms. The Morgan fingerprint density at radius 3 is 2.58 bits per heavy atom. The Kier molecular flexibility index (Phi) is 5.22. The fourth-order valence-corrected chi connectivity index (χ4v) is 4.26. The van der Waals surface area contributed by atoms with Gasteiger partial charge in [-0.05, 0) is 24.3 Å².